The zero-order valence-electron chi connectivity index (χ0n) is 21.5. The summed E-state index contributed by atoms with van der Waals surface area (Å²) < 4.78 is 8.54. The molecule has 1 atom stereocenters. The van der Waals surface area contributed by atoms with Crippen LogP contribution in [0.15, 0.2) is 48.7 Å². The van der Waals surface area contributed by atoms with Crippen LogP contribution in [0.1, 0.15) is 60.8 Å². The number of likely N-dealkylation sites (N-methyl/N-ethyl adjacent to an activating group) is 1. The third-order valence-electron chi connectivity index (χ3n) is 7.40. The van der Waals surface area contributed by atoms with E-state index in [4.69, 9.17) is 10.5 Å². The van der Waals surface area contributed by atoms with Gasteiger partial charge in [-0.3, -0.25) is 4.79 Å². The number of benzene rings is 2. The number of aryl methyl sites for hydroxylation is 1. The number of nitrogens with zero attached hydrogens (tertiary/aromatic N) is 4. The fraction of sp³-hybridized carbons (Fsp3) is 0.414. The molecule has 1 aliphatic rings. The van der Waals surface area contributed by atoms with Gasteiger partial charge in [0.25, 0.3) is 0 Å². The Kier molecular flexibility index (Phi) is 7.76. The Hall–Kier alpha value is -3.63. The molecule has 7 heteroatoms. The minimum Gasteiger partial charge on any atom is -0.456 e. The Balaban J connectivity index is 1.72. The van der Waals surface area contributed by atoms with Crippen LogP contribution in [0.2, 0.25) is 0 Å². The van der Waals surface area contributed by atoms with Gasteiger partial charge in [-0.1, -0.05) is 37.6 Å². The summed E-state index contributed by atoms with van der Waals surface area (Å²) >= 11 is 0. The van der Waals surface area contributed by atoms with E-state index in [2.05, 4.69) is 22.5 Å². The number of amides is 1. The summed E-state index contributed by atoms with van der Waals surface area (Å²) in [5.41, 5.74) is 8.60. The summed E-state index contributed by atoms with van der Waals surface area (Å²) in [6.45, 7) is 5.89. The Morgan fingerprint density at radius 3 is 2.78 bits per heavy atom. The van der Waals surface area contributed by atoms with E-state index in [9.17, 15) is 10.1 Å². The predicted octanol–water partition coefficient (Wildman–Crippen LogP) is 4.70. The number of nitriles is 1. The monoisotopic (exact) mass is 485 g/mol. The molecule has 0 aliphatic carbocycles. The van der Waals surface area contributed by atoms with E-state index in [1.165, 1.54) is 0 Å². The molecule has 1 aliphatic heterocycles. The number of para-hydroxylation sites is 1. The lowest BCUT2D eigenvalue weighted by Crippen LogP contribution is -2.43. The number of aromatic nitrogens is 2. The quantitative estimate of drug-likeness (QED) is 0.499. The lowest BCUT2D eigenvalue weighted by atomic mass is 9.73. The van der Waals surface area contributed by atoms with Crippen LogP contribution in [-0.2, 0) is 23.2 Å². The first-order valence-corrected chi connectivity index (χ1v) is 12.7. The minimum absolute atomic E-state index is 0.167. The predicted molar refractivity (Wildman–Crippen MR) is 140 cm³/mol. The first-order chi connectivity index (χ1) is 17.4. The second kappa shape index (κ2) is 11.0. The molecule has 1 unspecified atom stereocenters. The SMILES string of the molecule is CCC1(c2cccc(Oc3c(C#N)cccc3Cn3c(CCN)cnc3C)c2)CCCCN(C)C1=O. The van der Waals surface area contributed by atoms with Crippen molar-refractivity contribution in [2.45, 2.75) is 57.9 Å². The second-order valence-electron chi connectivity index (χ2n) is 9.58. The van der Waals surface area contributed by atoms with Gasteiger partial charge in [-0.15, -0.1) is 0 Å². The maximum atomic E-state index is 13.4. The van der Waals surface area contributed by atoms with Crippen molar-refractivity contribution in [3.63, 3.8) is 0 Å². The van der Waals surface area contributed by atoms with Gasteiger partial charge in [-0.05, 0) is 56.5 Å². The molecule has 36 heavy (non-hydrogen) atoms. The highest BCUT2D eigenvalue weighted by Gasteiger charge is 2.41. The van der Waals surface area contributed by atoms with Crippen molar-refractivity contribution in [3.05, 3.63) is 76.9 Å². The van der Waals surface area contributed by atoms with Crippen LogP contribution < -0.4 is 10.5 Å². The molecule has 0 bridgehead atoms. The van der Waals surface area contributed by atoms with Crippen LogP contribution in [0.4, 0.5) is 0 Å². The zero-order valence-corrected chi connectivity index (χ0v) is 21.5. The highest BCUT2D eigenvalue weighted by atomic mass is 16.5. The summed E-state index contributed by atoms with van der Waals surface area (Å²) in [7, 11) is 1.89. The van der Waals surface area contributed by atoms with E-state index in [-0.39, 0.29) is 5.91 Å². The van der Waals surface area contributed by atoms with E-state index in [0.717, 1.165) is 61.3 Å². The number of likely N-dealkylation sites (tertiary alicyclic amines) is 1. The van der Waals surface area contributed by atoms with Gasteiger partial charge < -0.3 is 19.9 Å². The van der Waals surface area contributed by atoms with Crippen molar-refractivity contribution < 1.29 is 9.53 Å². The highest BCUT2D eigenvalue weighted by Crippen LogP contribution is 2.40. The summed E-state index contributed by atoms with van der Waals surface area (Å²) in [6, 6.07) is 15.7. The largest absolute Gasteiger partial charge is 0.456 e. The van der Waals surface area contributed by atoms with Crippen LogP contribution >= 0.6 is 0 Å². The number of nitrogens with two attached hydrogens (primary N) is 1. The average molecular weight is 486 g/mol. The van der Waals surface area contributed by atoms with E-state index in [0.29, 0.717) is 30.2 Å². The second-order valence-corrected chi connectivity index (χ2v) is 9.58. The molecule has 2 N–H and O–H groups in total. The van der Waals surface area contributed by atoms with Gasteiger partial charge >= 0.3 is 0 Å². The molecule has 0 radical (unpaired) electrons. The molecule has 1 saturated heterocycles. The first kappa shape index (κ1) is 25.5. The maximum Gasteiger partial charge on any atom is 0.232 e. The topological polar surface area (TPSA) is 97.2 Å². The fourth-order valence-corrected chi connectivity index (χ4v) is 5.29. The molecule has 7 nitrogen and oxygen atoms in total. The van der Waals surface area contributed by atoms with Gasteiger partial charge in [0, 0.05) is 37.5 Å². The Morgan fingerprint density at radius 2 is 2.03 bits per heavy atom. The fourth-order valence-electron chi connectivity index (χ4n) is 5.29. The van der Waals surface area contributed by atoms with Crippen LogP contribution in [0, 0.1) is 18.3 Å². The van der Waals surface area contributed by atoms with E-state index in [1.54, 1.807) is 6.07 Å². The van der Waals surface area contributed by atoms with Crippen LogP contribution in [0.25, 0.3) is 0 Å². The van der Waals surface area contributed by atoms with Crippen molar-refractivity contribution in [1.82, 2.24) is 14.5 Å². The van der Waals surface area contributed by atoms with E-state index < -0.39 is 5.41 Å². The molecule has 1 aromatic heterocycles. The Labute approximate surface area is 213 Å². The molecule has 188 valence electrons. The summed E-state index contributed by atoms with van der Waals surface area (Å²) in [4.78, 5) is 19.8. The molecule has 2 aromatic carbocycles. The van der Waals surface area contributed by atoms with Gasteiger partial charge in [0.15, 0.2) is 0 Å². The highest BCUT2D eigenvalue weighted by molar-refractivity contribution is 5.88. The lowest BCUT2D eigenvalue weighted by molar-refractivity contribution is -0.135. The van der Waals surface area contributed by atoms with Gasteiger partial charge in [-0.25, -0.2) is 4.98 Å². The van der Waals surface area contributed by atoms with E-state index in [1.807, 2.05) is 61.5 Å². The smallest absolute Gasteiger partial charge is 0.232 e. The summed E-state index contributed by atoms with van der Waals surface area (Å²) in [6.07, 6.45) is 6.14. The average Bonchev–Trinajstić information content (AvgIpc) is 3.15. The van der Waals surface area contributed by atoms with Crippen LogP contribution in [-0.4, -0.2) is 40.5 Å². The Morgan fingerprint density at radius 1 is 1.22 bits per heavy atom. The molecule has 0 saturated carbocycles. The maximum absolute atomic E-state index is 13.4. The summed E-state index contributed by atoms with van der Waals surface area (Å²) in [5, 5.41) is 9.86. The van der Waals surface area contributed by atoms with Gasteiger partial charge in [-0.2, -0.15) is 5.26 Å². The summed E-state index contributed by atoms with van der Waals surface area (Å²) in [5.74, 6) is 2.20. The molecule has 4 rings (SSSR count). The van der Waals surface area contributed by atoms with Gasteiger partial charge in [0.1, 0.15) is 23.4 Å². The zero-order chi connectivity index (χ0) is 25.7. The number of rotatable bonds is 8. The van der Waals surface area contributed by atoms with Crippen molar-refractivity contribution in [2.24, 2.45) is 5.73 Å². The minimum atomic E-state index is -0.562. The van der Waals surface area contributed by atoms with Crippen molar-refractivity contribution in [2.75, 3.05) is 20.1 Å². The van der Waals surface area contributed by atoms with Crippen molar-refractivity contribution in [1.29, 1.82) is 5.26 Å². The number of ether oxygens (including phenoxy) is 1. The number of hydrogen-bond donors (Lipinski definition) is 1. The van der Waals surface area contributed by atoms with Crippen LogP contribution in [0.5, 0.6) is 11.5 Å². The number of hydrogen-bond acceptors (Lipinski definition) is 5. The van der Waals surface area contributed by atoms with Gasteiger partial charge in [0.05, 0.1) is 17.5 Å². The number of imidazole rings is 1. The molecule has 3 aromatic rings. The Bertz CT molecular complexity index is 1270. The molecule has 1 amide bonds. The molecular formula is C29H35N5O2. The first-order valence-electron chi connectivity index (χ1n) is 12.7. The molecular weight excluding hydrogens is 450 g/mol. The van der Waals surface area contributed by atoms with Gasteiger partial charge in [0.2, 0.25) is 5.91 Å². The molecule has 0 spiro atoms. The molecule has 1 fully saturated rings. The third kappa shape index (κ3) is 4.87. The normalized spacial score (nSPS) is 18.1. The number of carbonyl (C=O) groups excluding carboxylic acids is 1. The number of carbonyl (C=O) groups is 1. The third-order valence-corrected chi connectivity index (χ3v) is 7.40. The van der Waals surface area contributed by atoms with Crippen LogP contribution in [0.3, 0.4) is 0 Å². The van der Waals surface area contributed by atoms with Crippen molar-refractivity contribution in [3.8, 4) is 17.6 Å². The lowest BCUT2D eigenvalue weighted by Gasteiger charge is -2.33. The standard InChI is InChI=1S/C29H35N5O2/c1-4-29(14-5-6-16-33(3)28(29)35)24-11-8-12-26(17-24)36-27-22(18-31)9-7-10-23(27)20-34-21(2)32-19-25(34)13-15-30/h7-12,17,19H,4-6,13-16,20,30H2,1-3H3. The molecule has 2 heterocycles. The van der Waals surface area contributed by atoms with Crippen molar-refractivity contribution >= 4 is 5.91 Å². The van der Waals surface area contributed by atoms with E-state index >= 15 is 0 Å².